The summed E-state index contributed by atoms with van der Waals surface area (Å²) in [5.41, 5.74) is 2.56. The number of unbranched alkanes of at least 4 members (excludes halogenated alkanes) is 3. The molecule has 1 aliphatic rings. The van der Waals surface area contributed by atoms with E-state index in [4.69, 9.17) is 0 Å². The van der Waals surface area contributed by atoms with Gasteiger partial charge in [0.15, 0.2) is 11.6 Å². The third kappa shape index (κ3) is 5.37. The van der Waals surface area contributed by atoms with Crippen molar-refractivity contribution >= 4 is 6.08 Å². The van der Waals surface area contributed by atoms with Crippen LogP contribution in [-0.2, 0) is 6.42 Å². The molecule has 0 atom stereocenters. The van der Waals surface area contributed by atoms with Gasteiger partial charge >= 0.3 is 6.36 Å². The Bertz CT molecular complexity index is 922. The first-order chi connectivity index (χ1) is 14.2. The molecule has 0 bridgehead atoms. The number of alkyl halides is 3. The Labute approximate surface area is 171 Å². The second kappa shape index (κ2) is 9.14. The van der Waals surface area contributed by atoms with Gasteiger partial charge in [-0.2, -0.15) is 0 Å². The van der Waals surface area contributed by atoms with Gasteiger partial charge in [0, 0.05) is 5.56 Å². The Morgan fingerprint density at radius 2 is 1.57 bits per heavy atom. The highest BCUT2D eigenvalue weighted by atomic mass is 19.4. The summed E-state index contributed by atoms with van der Waals surface area (Å²) in [5, 5.41) is 0. The van der Waals surface area contributed by atoms with E-state index in [1.807, 2.05) is 6.08 Å². The van der Waals surface area contributed by atoms with E-state index in [1.165, 1.54) is 24.1 Å². The average Bonchev–Trinajstić information content (AvgIpc) is 2.66. The van der Waals surface area contributed by atoms with Crippen molar-refractivity contribution in [1.29, 1.82) is 0 Å². The van der Waals surface area contributed by atoms with Crippen molar-refractivity contribution in [2.75, 3.05) is 0 Å². The van der Waals surface area contributed by atoms with Crippen molar-refractivity contribution in [2.24, 2.45) is 0 Å². The maximum Gasteiger partial charge on any atom is 0.573 e. The lowest BCUT2D eigenvalue weighted by atomic mass is 9.87. The van der Waals surface area contributed by atoms with Gasteiger partial charge in [-0.25, -0.2) is 13.2 Å². The topological polar surface area (TPSA) is 9.23 Å². The maximum absolute atomic E-state index is 14.7. The fourth-order valence-electron chi connectivity index (χ4n) is 3.70. The van der Waals surface area contributed by atoms with E-state index in [0.717, 1.165) is 43.2 Å². The molecule has 0 radical (unpaired) electrons. The molecule has 1 aliphatic carbocycles. The molecular weight excluding hydrogens is 406 g/mol. The Morgan fingerprint density at radius 1 is 0.867 bits per heavy atom. The zero-order valence-electron chi connectivity index (χ0n) is 16.5. The Morgan fingerprint density at radius 3 is 2.20 bits per heavy atom. The number of fused-ring (bicyclic) bond motifs is 1. The summed E-state index contributed by atoms with van der Waals surface area (Å²) in [6.07, 6.45) is 3.75. The minimum absolute atomic E-state index is 0.0649. The molecule has 0 saturated carbocycles. The predicted molar refractivity (Wildman–Crippen MR) is 103 cm³/mol. The summed E-state index contributed by atoms with van der Waals surface area (Å²) in [4.78, 5) is 0. The van der Waals surface area contributed by atoms with Gasteiger partial charge in [-0.1, -0.05) is 37.8 Å². The molecule has 3 rings (SSSR count). The normalized spacial score (nSPS) is 13.8. The molecule has 0 heterocycles. The molecule has 0 spiro atoms. The largest absolute Gasteiger partial charge is 0.573 e. The van der Waals surface area contributed by atoms with E-state index in [1.54, 1.807) is 0 Å². The number of halogens is 6. The van der Waals surface area contributed by atoms with Crippen LogP contribution >= 0.6 is 0 Å². The van der Waals surface area contributed by atoms with E-state index >= 15 is 0 Å². The number of hydrogen-bond acceptors (Lipinski definition) is 1. The van der Waals surface area contributed by atoms with E-state index in [2.05, 4.69) is 11.7 Å². The number of ether oxygens (including phenoxy) is 1. The highest BCUT2D eigenvalue weighted by molar-refractivity contribution is 5.71. The summed E-state index contributed by atoms with van der Waals surface area (Å²) in [6, 6.07) is 4.11. The van der Waals surface area contributed by atoms with Gasteiger partial charge < -0.3 is 4.74 Å². The number of hydrogen-bond donors (Lipinski definition) is 0. The zero-order chi connectivity index (χ0) is 21.9. The number of benzene rings is 2. The van der Waals surface area contributed by atoms with Crippen molar-refractivity contribution in [3.63, 3.8) is 0 Å². The van der Waals surface area contributed by atoms with Crippen LogP contribution < -0.4 is 4.74 Å². The zero-order valence-corrected chi connectivity index (χ0v) is 16.5. The van der Waals surface area contributed by atoms with Crippen LogP contribution in [0.4, 0.5) is 26.3 Å². The molecule has 162 valence electrons. The van der Waals surface area contributed by atoms with Gasteiger partial charge in [-0.05, 0) is 66.6 Å². The Kier molecular flexibility index (Phi) is 6.78. The van der Waals surface area contributed by atoms with Gasteiger partial charge in [0.05, 0.1) is 0 Å². The van der Waals surface area contributed by atoms with Crippen LogP contribution in [0.3, 0.4) is 0 Å². The van der Waals surface area contributed by atoms with E-state index < -0.39 is 29.6 Å². The van der Waals surface area contributed by atoms with Crippen LogP contribution in [0, 0.1) is 17.5 Å². The first-order valence-corrected chi connectivity index (χ1v) is 9.95. The fourth-order valence-corrected chi connectivity index (χ4v) is 3.70. The van der Waals surface area contributed by atoms with Crippen molar-refractivity contribution in [3.8, 4) is 16.9 Å². The Hall–Kier alpha value is -2.44. The number of aryl methyl sites for hydroxylation is 1. The summed E-state index contributed by atoms with van der Waals surface area (Å²) < 4.78 is 83.0. The molecule has 2 aromatic carbocycles. The molecule has 0 amide bonds. The van der Waals surface area contributed by atoms with Crippen molar-refractivity contribution in [2.45, 2.75) is 58.2 Å². The molecule has 0 aliphatic heterocycles. The predicted octanol–water partition coefficient (Wildman–Crippen LogP) is 7.97. The lowest BCUT2D eigenvalue weighted by molar-refractivity contribution is -0.276. The molecule has 0 N–H and O–H groups in total. The fraction of sp³-hybridized carbons (Fsp3) is 0.391. The highest BCUT2D eigenvalue weighted by Crippen LogP contribution is 2.36. The third-order valence-corrected chi connectivity index (χ3v) is 5.18. The first-order valence-electron chi connectivity index (χ1n) is 9.95. The second-order valence-corrected chi connectivity index (χ2v) is 7.46. The van der Waals surface area contributed by atoms with Crippen molar-refractivity contribution < 1.29 is 31.1 Å². The van der Waals surface area contributed by atoms with Crippen LogP contribution in [0.25, 0.3) is 17.2 Å². The standard InChI is InChI=1S/C23H22F6O/c1-2-3-4-5-6-14-7-8-15-10-18(19(24)11-16(15)9-14)17-12-20(25)22(21(26)13-17)30-23(27,28)29/h9-13H,2-8H2,1H3. The van der Waals surface area contributed by atoms with Crippen LogP contribution in [0.5, 0.6) is 5.75 Å². The van der Waals surface area contributed by atoms with Gasteiger partial charge in [0.1, 0.15) is 5.82 Å². The van der Waals surface area contributed by atoms with Crippen molar-refractivity contribution in [1.82, 2.24) is 0 Å². The van der Waals surface area contributed by atoms with Crippen molar-refractivity contribution in [3.05, 3.63) is 58.4 Å². The van der Waals surface area contributed by atoms with Gasteiger partial charge in [0.25, 0.3) is 0 Å². The van der Waals surface area contributed by atoms with Crippen LogP contribution in [-0.4, -0.2) is 6.36 Å². The summed E-state index contributed by atoms with van der Waals surface area (Å²) in [6.45, 7) is 2.14. The molecule has 1 nitrogen and oxygen atoms in total. The molecule has 0 fully saturated rings. The third-order valence-electron chi connectivity index (χ3n) is 5.18. The Balaban J connectivity index is 1.87. The molecule has 7 heteroatoms. The minimum atomic E-state index is -5.24. The molecule has 0 unspecified atom stereocenters. The lowest BCUT2D eigenvalue weighted by Gasteiger charge is -2.19. The van der Waals surface area contributed by atoms with Gasteiger partial charge in [-0.3, -0.25) is 0 Å². The van der Waals surface area contributed by atoms with E-state index in [-0.39, 0.29) is 11.1 Å². The monoisotopic (exact) mass is 428 g/mol. The van der Waals surface area contributed by atoms with Gasteiger partial charge in [-0.15, -0.1) is 13.2 Å². The highest BCUT2D eigenvalue weighted by Gasteiger charge is 2.34. The van der Waals surface area contributed by atoms with E-state index in [9.17, 15) is 26.3 Å². The van der Waals surface area contributed by atoms with Gasteiger partial charge in [0.2, 0.25) is 5.75 Å². The molecule has 0 saturated heterocycles. The SMILES string of the molecule is CCCCCCC1=Cc2cc(F)c(-c3cc(F)c(OC(F)(F)F)c(F)c3)cc2CC1. The average molecular weight is 428 g/mol. The summed E-state index contributed by atoms with van der Waals surface area (Å²) in [7, 11) is 0. The first kappa shape index (κ1) is 22.2. The van der Waals surface area contributed by atoms with Crippen LogP contribution in [0.2, 0.25) is 0 Å². The second-order valence-electron chi connectivity index (χ2n) is 7.46. The smallest absolute Gasteiger partial charge is 0.399 e. The number of rotatable bonds is 7. The quantitative estimate of drug-likeness (QED) is 0.321. The lowest BCUT2D eigenvalue weighted by Crippen LogP contribution is -2.19. The molecule has 2 aromatic rings. The summed E-state index contributed by atoms with van der Waals surface area (Å²) >= 11 is 0. The molecule has 0 aromatic heterocycles. The minimum Gasteiger partial charge on any atom is -0.399 e. The maximum atomic E-state index is 14.7. The van der Waals surface area contributed by atoms with Crippen LogP contribution in [0.15, 0.2) is 29.8 Å². The van der Waals surface area contributed by atoms with Crippen LogP contribution in [0.1, 0.15) is 56.6 Å². The summed E-state index contributed by atoms with van der Waals surface area (Å²) in [5.74, 6) is -5.34. The number of allylic oxidation sites excluding steroid dienone is 1. The molecular formula is C23H22F6O. The van der Waals surface area contributed by atoms with E-state index in [0.29, 0.717) is 18.6 Å². The molecule has 30 heavy (non-hydrogen) atoms.